The van der Waals surface area contributed by atoms with E-state index in [0.29, 0.717) is 17.2 Å². The highest BCUT2D eigenvalue weighted by Gasteiger charge is 2.22. The third kappa shape index (κ3) is 6.52. The van der Waals surface area contributed by atoms with Crippen molar-refractivity contribution < 1.29 is 17.9 Å². The second-order valence-corrected chi connectivity index (χ2v) is 11.9. The number of amides is 1. The first-order valence-corrected chi connectivity index (χ1v) is 14.3. The van der Waals surface area contributed by atoms with Gasteiger partial charge in [0, 0.05) is 5.56 Å². The van der Waals surface area contributed by atoms with E-state index in [1.54, 1.807) is 31.4 Å². The number of rotatable bonds is 9. The molecule has 0 aliphatic rings. The van der Waals surface area contributed by atoms with Crippen molar-refractivity contribution in [2.24, 2.45) is 0 Å². The molecule has 3 aromatic rings. The second-order valence-electron chi connectivity index (χ2n) is 10.0. The normalized spacial score (nSPS) is 12.4. The Kier molecular flexibility index (Phi) is 8.69. The van der Waals surface area contributed by atoms with Crippen LogP contribution in [0.15, 0.2) is 54.6 Å². The van der Waals surface area contributed by atoms with Gasteiger partial charge in [-0.25, -0.2) is 8.42 Å². The number of nitrogens with zero attached hydrogens (tertiary/aromatic N) is 1. The van der Waals surface area contributed by atoms with Crippen molar-refractivity contribution in [1.82, 2.24) is 5.32 Å². The topological polar surface area (TPSA) is 75.7 Å². The van der Waals surface area contributed by atoms with Crippen molar-refractivity contribution in [3.63, 3.8) is 0 Å². The van der Waals surface area contributed by atoms with Crippen LogP contribution < -0.4 is 14.4 Å². The van der Waals surface area contributed by atoms with Crippen LogP contribution >= 0.6 is 0 Å². The Morgan fingerprint density at radius 2 is 1.51 bits per heavy atom. The molecule has 1 atom stereocenters. The summed E-state index contributed by atoms with van der Waals surface area (Å²) in [5.41, 5.74) is 7.00. The predicted octanol–water partition coefficient (Wildman–Crippen LogP) is 6.20. The Hall–Kier alpha value is -3.32. The molecule has 1 amide bonds. The number of para-hydroxylation sites is 1. The number of ether oxygens (including phenoxy) is 1. The molecule has 1 N–H and O–H groups in total. The number of carbonyl (C=O) groups is 1. The Labute approximate surface area is 221 Å². The molecule has 0 saturated carbocycles. The van der Waals surface area contributed by atoms with E-state index in [-0.39, 0.29) is 18.5 Å². The van der Waals surface area contributed by atoms with E-state index >= 15 is 0 Å². The molecule has 3 aromatic carbocycles. The van der Waals surface area contributed by atoms with Gasteiger partial charge in [0.05, 0.1) is 31.6 Å². The second kappa shape index (κ2) is 11.4. The van der Waals surface area contributed by atoms with Gasteiger partial charge in [-0.05, 0) is 91.3 Å². The number of anilines is 1. The molecule has 0 heterocycles. The van der Waals surface area contributed by atoms with Gasteiger partial charge >= 0.3 is 0 Å². The predicted molar refractivity (Wildman–Crippen MR) is 151 cm³/mol. The minimum Gasteiger partial charge on any atom is -0.496 e. The highest BCUT2D eigenvalue weighted by molar-refractivity contribution is 7.92. The minimum atomic E-state index is -3.51. The van der Waals surface area contributed by atoms with Crippen LogP contribution in [0.25, 0.3) is 0 Å². The molecular formula is C30H38N2O4S. The number of aryl methyl sites for hydroxylation is 3. The molecule has 0 unspecified atom stereocenters. The van der Waals surface area contributed by atoms with Crippen molar-refractivity contribution in [1.29, 1.82) is 0 Å². The first-order chi connectivity index (χ1) is 17.3. The van der Waals surface area contributed by atoms with Crippen molar-refractivity contribution in [3.8, 4) is 5.75 Å². The summed E-state index contributed by atoms with van der Waals surface area (Å²) in [4.78, 5) is 13.0. The van der Waals surface area contributed by atoms with Crippen LogP contribution in [0.5, 0.6) is 5.75 Å². The van der Waals surface area contributed by atoms with Crippen LogP contribution in [0.2, 0.25) is 0 Å². The number of sulfonamides is 1. The van der Waals surface area contributed by atoms with Gasteiger partial charge in [0.25, 0.3) is 5.91 Å². The molecular weight excluding hydrogens is 484 g/mol. The largest absolute Gasteiger partial charge is 0.496 e. The van der Waals surface area contributed by atoms with Crippen LogP contribution in [-0.4, -0.2) is 27.7 Å². The van der Waals surface area contributed by atoms with E-state index < -0.39 is 10.0 Å². The quantitative estimate of drug-likeness (QED) is 0.363. The van der Waals surface area contributed by atoms with Crippen LogP contribution in [-0.2, 0) is 16.6 Å². The van der Waals surface area contributed by atoms with Gasteiger partial charge in [-0.2, -0.15) is 0 Å². The fraction of sp³-hybridized carbons (Fsp3) is 0.367. The zero-order valence-corrected chi connectivity index (χ0v) is 23.9. The number of carbonyl (C=O) groups excluding carboxylic acids is 1. The van der Waals surface area contributed by atoms with Crippen molar-refractivity contribution in [3.05, 3.63) is 93.5 Å². The smallest absolute Gasteiger partial charge is 0.251 e. The lowest BCUT2D eigenvalue weighted by Crippen LogP contribution is -2.30. The fourth-order valence-electron chi connectivity index (χ4n) is 4.66. The van der Waals surface area contributed by atoms with Gasteiger partial charge in [0.2, 0.25) is 10.0 Å². The van der Waals surface area contributed by atoms with Crippen molar-refractivity contribution in [2.45, 2.75) is 60.0 Å². The maximum Gasteiger partial charge on any atom is 0.251 e. The van der Waals surface area contributed by atoms with Crippen LogP contribution in [0, 0.1) is 20.8 Å². The minimum absolute atomic E-state index is 0.185. The lowest BCUT2D eigenvalue weighted by atomic mass is 9.93. The first-order valence-electron chi connectivity index (χ1n) is 12.5. The van der Waals surface area contributed by atoms with Gasteiger partial charge in [-0.15, -0.1) is 0 Å². The Morgan fingerprint density at radius 3 is 2.03 bits per heavy atom. The third-order valence-corrected chi connectivity index (χ3v) is 7.80. The number of hydrogen-bond acceptors (Lipinski definition) is 4. The third-order valence-electron chi connectivity index (χ3n) is 6.69. The lowest BCUT2D eigenvalue weighted by molar-refractivity contribution is 0.0939. The highest BCUT2D eigenvalue weighted by atomic mass is 32.2. The van der Waals surface area contributed by atoms with E-state index in [2.05, 4.69) is 25.2 Å². The summed E-state index contributed by atoms with van der Waals surface area (Å²) in [5.74, 6) is 0.962. The summed E-state index contributed by atoms with van der Waals surface area (Å²) in [7, 11) is -1.83. The van der Waals surface area contributed by atoms with Crippen LogP contribution in [0.4, 0.5) is 5.69 Å². The zero-order chi connectivity index (χ0) is 27.5. The Bertz CT molecular complexity index is 1360. The SMILES string of the molecule is COc1cc(C)c([C@H](C)NC(=O)c2ccc(CN(c3c(C)cccc3C)S(C)(=O)=O)cc2)cc1C(C)C. The molecule has 0 aliphatic heterocycles. The molecule has 0 spiro atoms. The maximum absolute atomic E-state index is 13.0. The molecule has 0 aliphatic carbocycles. The average Bonchev–Trinajstić information content (AvgIpc) is 2.82. The average molecular weight is 523 g/mol. The molecule has 0 bridgehead atoms. The van der Waals surface area contributed by atoms with Crippen molar-refractivity contribution in [2.75, 3.05) is 17.7 Å². The summed E-state index contributed by atoms with van der Waals surface area (Å²) in [5, 5.41) is 3.10. The zero-order valence-electron chi connectivity index (χ0n) is 23.0. The summed E-state index contributed by atoms with van der Waals surface area (Å²) in [6, 6.07) is 16.8. The summed E-state index contributed by atoms with van der Waals surface area (Å²) < 4.78 is 32.3. The standard InChI is InChI=1S/C30H38N2O4S/c1-19(2)26-17-27(22(5)16-28(26)36-7)23(6)31-30(33)25-14-12-24(13-15-25)18-32(37(8,34)35)29-20(3)10-9-11-21(29)4/h9-17,19,23H,18H2,1-8H3,(H,31,33)/t23-/m0/s1. The first kappa shape index (κ1) is 28.3. The number of methoxy groups -OCH3 is 1. The number of hydrogen-bond donors (Lipinski definition) is 1. The monoisotopic (exact) mass is 522 g/mol. The van der Waals surface area contributed by atoms with Gasteiger partial charge in [-0.3, -0.25) is 9.10 Å². The highest BCUT2D eigenvalue weighted by Crippen LogP contribution is 2.32. The van der Waals surface area contributed by atoms with Gasteiger partial charge in [-0.1, -0.05) is 44.2 Å². The fourth-order valence-corrected chi connectivity index (χ4v) is 5.66. The van der Waals surface area contributed by atoms with Crippen LogP contribution in [0.3, 0.4) is 0 Å². The summed E-state index contributed by atoms with van der Waals surface area (Å²) in [6.45, 7) is 12.2. The molecule has 198 valence electrons. The van der Waals surface area contributed by atoms with Gasteiger partial charge in [0.1, 0.15) is 5.75 Å². The number of nitrogens with one attached hydrogen (secondary N) is 1. The maximum atomic E-state index is 13.0. The summed E-state index contributed by atoms with van der Waals surface area (Å²) in [6.07, 6.45) is 1.22. The lowest BCUT2D eigenvalue weighted by Gasteiger charge is -2.26. The molecule has 0 radical (unpaired) electrons. The Balaban J connectivity index is 1.80. The van der Waals surface area contributed by atoms with Gasteiger partial charge < -0.3 is 10.1 Å². The molecule has 6 nitrogen and oxygen atoms in total. The molecule has 7 heteroatoms. The van der Waals surface area contributed by atoms with Gasteiger partial charge in [0.15, 0.2) is 0 Å². The molecule has 3 rings (SSSR count). The van der Waals surface area contributed by atoms with E-state index in [4.69, 9.17) is 4.74 Å². The molecule has 37 heavy (non-hydrogen) atoms. The molecule has 0 fully saturated rings. The van der Waals surface area contributed by atoms with E-state index in [1.807, 2.05) is 52.0 Å². The number of benzene rings is 3. The summed E-state index contributed by atoms with van der Waals surface area (Å²) >= 11 is 0. The van der Waals surface area contributed by atoms with E-state index in [9.17, 15) is 13.2 Å². The molecule has 0 aromatic heterocycles. The van der Waals surface area contributed by atoms with E-state index in [0.717, 1.165) is 39.1 Å². The Morgan fingerprint density at radius 1 is 0.919 bits per heavy atom. The van der Waals surface area contributed by atoms with Crippen LogP contribution in [0.1, 0.15) is 76.5 Å². The van der Waals surface area contributed by atoms with E-state index in [1.165, 1.54) is 10.6 Å². The van der Waals surface area contributed by atoms with Crippen molar-refractivity contribution >= 4 is 21.6 Å². The molecule has 0 saturated heterocycles.